The number of rotatable bonds is 3. The zero-order valence-electron chi connectivity index (χ0n) is 12.4. The fourth-order valence-electron chi connectivity index (χ4n) is 2.64. The molecule has 0 saturated heterocycles. The van der Waals surface area contributed by atoms with Crippen molar-refractivity contribution in [3.8, 4) is 17.2 Å². The lowest BCUT2D eigenvalue weighted by Crippen LogP contribution is -2.12. The van der Waals surface area contributed by atoms with Crippen molar-refractivity contribution < 1.29 is 19.4 Å². The Kier molecular flexibility index (Phi) is 3.29. The molecular weight excluding hydrogens is 286 g/mol. The summed E-state index contributed by atoms with van der Waals surface area (Å²) in [6.07, 6.45) is 0. The van der Waals surface area contributed by atoms with Crippen molar-refractivity contribution in [1.29, 1.82) is 0 Å². The van der Waals surface area contributed by atoms with Gasteiger partial charge >= 0.3 is 0 Å². The summed E-state index contributed by atoms with van der Waals surface area (Å²) in [6, 6.07) is 8.35. The highest BCUT2D eigenvalue weighted by atomic mass is 16.5. The number of methoxy groups -OCH3 is 3. The van der Waals surface area contributed by atoms with E-state index in [2.05, 4.69) is 0 Å². The summed E-state index contributed by atoms with van der Waals surface area (Å²) < 4.78 is 16.9. The molecule has 0 fully saturated rings. The second-order valence-corrected chi connectivity index (χ2v) is 4.70. The Hall–Kier alpha value is -2.89. The van der Waals surface area contributed by atoms with Crippen LogP contribution in [0.1, 0.15) is 0 Å². The average molecular weight is 301 g/mol. The van der Waals surface area contributed by atoms with E-state index in [0.717, 1.165) is 4.73 Å². The minimum Gasteiger partial charge on any atom is -0.493 e. The lowest BCUT2D eigenvalue weighted by molar-refractivity contribution is 0.211. The van der Waals surface area contributed by atoms with Crippen molar-refractivity contribution >= 4 is 21.8 Å². The summed E-state index contributed by atoms with van der Waals surface area (Å²) in [6.45, 7) is 0. The minimum atomic E-state index is -0.242. The first-order valence-corrected chi connectivity index (χ1v) is 6.59. The van der Waals surface area contributed by atoms with Crippen LogP contribution >= 0.6 is 0 Å². The average Bonchev–Trinajstić information content (AvgIpc) is 2.57. The second-order valence-electron chi connectivity index (χ2n) is 4.70. The molecule has 0 aliphatic heterocycles. The van der Waals surface area contributed by atoms with Crippen molar-refractivity contribution in [2.24, 2.45) is 0 Å². The fraction of sp³-hybridized carbons (Fsp3) is 0.188. The van der Waals surface area contributed by atoms with Gasteiger partial charge in [-0.15, -0.1) is 0 Å². The van der Waals surface area contributed by atoms with E-state index in [4.69, 9.17) is 14.2 Å². The van der Waals surface area contributed by atoms with Gasteiger partial charge in [-0.3, -0.25) is 4.79 Å². The summed E-state index contributed by atoms with van der Waals surface area (Å²) in [7, 11) is 4.38. The Morgan fingerprint density at radius 1 is 0.955 bits per heavy atom. The Balaban J connectivity index is 2.64. The van der Waals surface area contributed by atoms with Crippen LogP contribution in [0.25, 0.3) is 21.8 Å². The number of hydrogen-bond donors (Lipinski definition) is 1. The van der Waals surface area contributed by atoms with E-state index < -0.39 is 0 Å². The molecule has 1 aromatic heterocycles. The maximum atomic E-state index is 12.8. The van der Waals surface area contributed by atoms with Gasteiger partial charge in [0.2, 0.25) is 11.2 Å². The van der Waals surface area contributed by atoms with Crippen LogP contribution in [0.4, 0.5) is 0 Å². The Morgan fingerprint density at radius 3 is 2.27 bits per heavy atom. The van der Waals surface area contributed by atoms with Gasteiger partial charge in [0.05, 0.1) is 37.7 Å². The highest BCUT2D eigenvalue weighted by Gasteiger charge is 2.22. The van der Waals surface area contributed by atoms with Gasteiger partial charge < -0.3 is 19.4 Å². The van der Waals surface area contributed by atoms with Crippen molar-refractivity contribution in [2.45, 2.75) is 0 Å². The molecule has 1 heterocycles. The third-order valence-corrected chi connectivity index (χ3v) is 3.64. The predicted octanol–water partition coefficient (Wildman–Crippen LogP) is 2.42. The van der Waals surface area contributed by atoms with Gasteiger partial charge in [-0.25, -0.2) is 0 Å². The third-order valence-electron chi connectivity index (χ3n) is 3.64. The quantitative estimate of drug-likeness (QED) is 0.594. The molecular formula is C16H15NO5. The number of ether oxygens (including phenoxy) is 3. The fourth-order valence-corrected chi connectivity index (χ4v) is 2.64. The minimum absolute atomic E-state index is 0.232. The molecule has 22 heavy (non-hydrogen) atoms. The lowest BCUT2D eigenvalue weighted by atomic mass is 10.1. The molecule has 0 bridgehead atoms. The number of aromatic nitrogens is 1. The zero-order valence-corrected chi connectivity index (χ0v) is 12.4. The normalized spacial score (nSPS) is 10.9. The highest BCUT2D eigenvalue weighted by Crippen LogP contribution is 2.42. The molecule has 3 aromatic rings. The molecule has 3 rings (SSSR count). The maximum absolute atomic E-state index is 12.8. The van der Waals surface area contributed by atoms with E-state index in [-0.39, 0.29) is 16.6 Å². The Morgan fingerprint density at radius 2 is 1.64 bits per heavy atom. The summed E-state index contributed by atoms with van der Waals surface area (Å²) in [4.78, 5) is 12.8. The van der Waals surface area contributed by atoms with E-state index in [9.17, 15) is 10.0 Å². The van der Waals surface area contributed by atoms with Crippen molar-refractivity contribution in [3.05, 3.63) is 40.6 Å². The van der Waals surface area contributed by atoms with Crippen molar-refractivity contribution in [3.63, 3.8) is 0 Å². The van der Waals surface area contributed by atoms with Gasteiger partial charge in [-0.05, 0) is 12.1 Å². The first-order chi connectivity index (χ1) is 10.6. The number of nitrogens with zero attached hydrogens (tertiary/aromatic N) is 1. The number of hydrogen-bond acceptors (Lipinski definition) is 5. The highest BCUT2D eigenvalue weighted by molar-refractivity contribution is 5.98. The number of para-hydroxylation sites is 1. The number of fused-ring (bicyclic) bond motifs is 2. The smallest absolute Gasteiger partial charge is 0.204 e. The molecule has 6 nitrogen and oxygen atoms in total. The standard InChI is InChI=1S/C16H15NO5/c1-20-12-8-11-13(16(22-3)15(12)21-2)14(18)9-6-4-5-7-10(9)17(11)19/h4-8,19H,1-3H3. The first-order valence-electron chi connectivity index (χ1n) is 6.59. The molecule has 0 unspecified atom stereocenters. The van der Waals surface area contributed by atoms with Gasteiger partial charge in [-0.2, -0.15) is 4.73 Å². The van der Waals surface area contributed by atoms with Crippen LogP contribution in [0.5, 0.6) is 17.2 Å². The molecule has 6 heteroatoms. The molecule has 0 aliphatic carbocycles. The van der Waals surface area contributed by atoms with E-state index in [1.807, 2.05) is 0 Å². The summed E-state index contributed by atoms with van der Waals surface area (Å²) in [5.41, 5.74) is 0.459. The van der Waals surface area contributed by atoms with E-state index in [1.165, 1.54) is 21.3 Å². The van der Waals surface area contributed by atoms with Gasteiger partial charge in [0.25, 0.3) is 0 Å². The van der Waals surface area contributed by atoms with Crippen molar-refractivity contribution in [2.75, 3.05) is 21.3 Å². The predicted molar refractivity (Wildman–Crippen MR) is 82.6 cm³/mol. The van der Waals surface area contributed by atoms with Crippen LogP contribution in [0.3, 0.4) is 0 Å². The molecule has 2 aromatic carbocycles. The molecule has 1 N–H and O–H groups in total. The van der Waals surface area contributed by atoms with Gasteiger partial charge in [0.1, 0.15) is 0 Å². The summed E-state index contributed by atoms with van der Waals surface area (Å²) in [5.74, 6) is 0.907. The van der Waals surface area contributed by atoms with Gasteiger partial charge in [-0.1, -0.05) is 12.1 Å². The van der Waals surface area contributed by atoms with Crippen molar-refractivity contribution in [1.82, 2.24) is 4.73 Å². The van der Waals surface area contributed by atoms with Crippen LogP contribution in [-0.2, 0) is 0 Å². The molecule has 114 valence electrons. The Labute approximate surface area is 126 Å². The van der Waals surface area contributed by atoms with Gasteiger partial charge in [0.15, 0.2) is 11.5 Å². The lowest BCUT2D eigenvalue weighted by Gasteiger charge is -2.16. The second kappa shape index (κ2) is 5.14. The molecule has 0 radical (unpaired) electrons. The number of pyridine rings is 1. The molecule has 0 saturated carbocycles. The monoisotopic (exact) mass is 301 g/mol. The summed E-state index contributed by atoms with van der Waals surface area (Å²) in [5, 5.41) is 11.1. The zero-order chi connectivity index (χ0) is 15.9. The van der Waals surface area contributed by atoms with E-state index >= 15 is 0 Å². The number of benzene rings is 2. The SMILES string of the molecule is COc1cc2c(c(OC)c1OC)c(=O)c1ccccc1n2O. The molecule has 0 aliphatic rings. The van der Waals surface area contributed by atoms with Crippen LogP contribution in [-0.4, -0.2) is 31.3 Å². The van der Waals surface area contributed by atoms with Crippen LogP contribution in [0, 0.1) is 0 Å². The third kappa shape index (κ3) is 1.77. The first kappa shape index (κ1) is 14.1. The van der Waals surface area contributed by atoms with Crippen LogP contribution in [0.2, 0.25) is 0 Å². The maximum Gasteiger partial charge on any atom is 0.204 e. The largest absolute Gasteiger partial charge is 0.493 e. The van der Waals surface area contributed by atoms with Crippen LogP contribution < -0.4 is 19.6 Å². The Bertz CT molecular complexity index is 929. The molecule has 0 amide bonds. The summed E-state index contributed by atoms with van der Waals surface area (Å²) >= 11 is 0. The van der Waals surface area contributed by atoms with E-state index in [1.54, 1.807) is 30.3 Å². The topological polar surface area (TPSA) is 69.9 Å². The van der Waals surface area contributed by atoms with Gasteiger partial charge in [0, 0.05) is 11.5 Å². The molecule has 0 spiro atoms. The van der Waals surface area contributed by atoms with E-state index in [0.29, 0.717) is 27.9 Å². The van der Waals surface area contributed by atoms with Crippen LogP contribution in [0.15, 0.2) is 35.1 Å². The molecule has 0 atom stereocenters.